The number of nitrogens with zero attached hydrogens (tertiary/aromatic N) is 3. The number of methoxy groups -OCH3 is 1. The molecule has 1 atom stereocenters. The summed E-state index contributed by atoms with van der Waals surface area (Å²) in [6.07, 6.45) is 2.23. The van der Waals surface area contributed by atoms with Crippen molar-refractivity contribution in [2.75, 3.05) is 32.2 Å². The summed E-state index contributed by atoms with van der Waals surface area (Å²) < 4.78 is 10.8. The molecule has 0 radical (unpaired) electrons. The number of ether oxygens (including phenoxy) is 2. The van der Waals surface area contributed by atoms with Gasteiger partial charge in [0.05, 0.1) is 7.11 Å². The summed E-state index contributed by atoms with van der Waals surface area (Å²) in [5, 5.41) is 0. The minimum Gasteiger partial charge on any atom is -0.496 e. The van der Waals surface area contributed by atoms with E-state index in [1.165, 1.54) is 4.90 Å². The molecule has 1 aliphatic heterocycles. The van der Waals surface area contributed by atoms with E-state index < -0.39 is 0 Å². The van der Waals surface area contributed by atoms with Crippen LogP contribution in [0.4, 0.5) is 5.82 Å². The van der Waals surface area contributed by atoms with E-state index in [9.17, 15) is 9.59 Å². The summed E-state index contributed by atoms with van der Waals surface area (Å²) in [4.78, 5) is 32.2. The van der Waals surface area contributed by atoms with Crippen LogP contribution in [-0.2, 0) is 16.0 Å². The van der Waals surface area contributed by atoms with Crippen molar-refractivity contribution in [2.24, 2.45) is 0 Å². The fraction of sp³-hybridized carbons (Fsp3) is 0.350. The quantitative estimate of drug-likeness (QED) is 0.778. The van der Waals surface area contributed by atoms with Crippen LogP contribution in [-0.4, -0.2) is 55.0 Å². The molecule has 7 heteroatoms. The number of likely N-dealkylation sites (N-methyl/N-ethyl adjacent to an activating group) is 1. The maximum Gasteiger partial charge on any atom is 0.266 e. The molecular formula is C20H23N3O4. The van der Waals surface area contributed by atoms with Crippen molar-refractivity contribution >= 4 is 17.6 Å². The van der Waals surface area contributed by atoms with Crippen LogP contribution in [0.5, 0.6) is 11.5 Å². The number of hydrogen-bond acceptors (Lipinski definition) is 5. The van der Waals surface area contributed by atoms with E-state index in [-0.39, 0.29) is 31.0 Å². The van der Waals surface area contributed by atoms with Crippen molar-refractivity contribution < 1.29 is 19.1 Å². The number of aromatic nitrogens is 1. The summed E-state index contributed by atoms with van der Waals surface area (Å²) >= 11 is 0. The zero-order chi connectivity index (χ0) is 19.4. The number of anilines is 1. The number of para-hydroxylation sites is 1. The molecule has 1 aliphatic rings. The van der Waals surface area contributed by atoms with E-state index >= 15 is 0 Å². The molecule has 1 aromatic heterocycles. The van der Waals surface area contributed by atoms with Crippen LogP contribution in [0.25, 0.3) is 0 Å². The molecule has 7 nitrogen and oxygen atoms in total. The fourth-order valence-electron chi connectivity index (χ4n) is 3.02. The Morgan fingerprint density at radius 2 is 2.11 bits per heavy atom. The molecule has 0 N–H and O–H groups in total. The molecule has 0 spiro atoms. The van der Waals surface area contributed by atoms with E-state index in [1.807, 2.05) is 31.2 Å². The van der Waals surface area contributed by atoms with Gasteiger partial charge in [0.1, 0.15) is 12.3 Å². The molecule has 27 heavy (non-hydrogen) atoms. The lowest BCUT2D eigenvalue weighted by atomic mass is 10.1. The molecule has 3 rings (SSSR count). The first-order valence-electron chi connectivity index (χ1n) is 8.77. The SMILES string of the molecule is COc1ccccc1C[C@@H](C)N(C)C(=O)CN1C(=O)COc2cccnc21. The number of amides is 2. The van der Waals surface area contributed by atoms with Gasteiger partial charge in [-0.2, -0.15) is 0 Å². The third-order valence-corrected chi connectivity index (χ3v) is 4.71. The van der Waals surface area contributed by atoms with Crippen LogP contribution in [0.3, 0.4) is 0 Å². The van der Waals surface area contributed by atoms with Gasteiger partial charge in [0.25, 0.3) is 5.91 Å². The lowest BCUT2D eigenvalue weighted by Gasteiger charge is -2.31. The molecule has 0 aliphatic carbocycles. The molecule has 0 saturated carbocycles. The predicted molar refractivity (Wildman–Crippen MR) is 101 cm³/mol. The first kappa shape index (κ1) is 18.7. The van der Waals surface area contributed by atoms with Crippen LogP contribution in [0.15, 0.2) is 42.6 Å². The molecule has 2 heterocycles. The Bertz CT molecular complexity index is 839. The summed E-state index contributed by atoms with van der Waals surface area (Å²) in [5.74, 6) is 1.25. The maximum absolute atomic E-state index is 12.8. The van der Waals surface area contributed by atoms with Gasteiger partial charge in [-0.1, -0.05) is 18.2 Å². The molecule has 0 bridgehead atoms. The third-order valence-electron chi connectivity index (χ3n) is 4.71. The van der Waals surface area contributed by atoms with Crippen LogP contribution in [0, 0.1) is 0 Å². The summed E-state index contributed by atoms with van der Waals surface area (Å²) in [5.41, 5.74) is 1.03. The highest BCUT2D eigenvalue weighted by atomic mass is 16.5. The van der Waals surface area contributed by atoms with Gasteiger partial charge in [0.2, 0.25) is 5.91 Å². The van der Waals surface area contributed by atoms with E-state index in [4.69, 9.17) is 9.47 Å². The second kappa shape index (κ2) is 8.07. The monoisotopic (exact) mass is 369 g/mol. The smallest absolute Gasteiger partial charge is 0.266 e. The highest BCUT2D eigenvalue weighted by Crippen LogP contribution is 2.29. The van der Waals surface area contributed by atoms with Crippen molar-refractivity contribution in [3.8, 4) is 11.5 Å². The van der Waals surface area contributed by atoms with Crippen LogP contribution >= 0.6 is 0 Å². The molecule has 142 valence electrons. The van der Waals surface area contributed by atoms with Gasteiger partial charge in [0, 0.05) is 19.3 Å². The van der Waals surface area contributed by atoms with Crippen LogP contribution in [0.1, 0.15) is 12.5 Å². The average molecular weight is 369 g/mol. The van der Waals surface area contributed by atoms with Crippen molar-refractivity contribution in [1.29, 1.82) is 0 Å². The second-order valence-corrected chi connectivity index (χ2v) is 6.46. The number of hydrogen-bond donors (Lipinski definition) is 0. The Kier molecular flexibility index (Phi) is 5.59. The predicted octanol–water partition coefficient (Wildman–Crippen LogP) is 1.91. The van der Waals surface area contributed by atoms with Crippen LogP contribution < -0.4 is 14.4 Å². The lowest BCUT2D eigenvalue weighted by molar-refractivity contribution is -0.132. The number of rotatable bonds is 6. The van der Waals surface area contributed by atoms with Gasteiger partial charge in [-0.05, 0) is 37.1 Å². The summed E-state index contributed by atoms with van der Waals surface area (Å²) in [7, 11) is 3.37. The topological polar surface area (TPSA) is 72.0 Å². The standard InChI is InChI=1S/C20H23N3O4/c1-14(11-15-7-4-5-8-16(15)26-3)22(2)18(24)12-23-19(25)13-27-17-9-6-10-21-20(17)23/h4-10,14H,11-13H2,1-3H3/t14-/m1/s1. The van der Waals surface area contributed by atoms with E-state index in [0.717, 1.165) is 11.3 Å². The van der Waals surface area contributed by atoms with Gasteiger partial charge < -0.3 is 14.4 Å². The fourth-order valence-corrected chi connectivity index (χ4v) is 3.02. The van der Waals surface area contributed by atoms with Gasteiger partial charge in [-0.3, -0.25) is 14.5 Å². The number of fused-ring (bicyclic) bond motifs is 1. The molecule has 1 aromatic carbocycles. The molecule has 2 amide bonds. The van der Waals surface area contributed by atoms with Gasteiger partial charge in [-0.15, -0.1) is 0 Å². The van der Waals surface area contributed by atoms with Crippen molar-refractivity contribution in [3.05, 3.63) is 48.2 Å². The highest BCUT2D eigenvalue weighted by Gasteiger charge is 2.30. The Hall–Kier alpha value is -3.09. The van der Waals surface area contributed by atoms with Crippen LogP contribution in [0.2, 0.25) is 0 Å². The second-order valence-electron chi connectivity index (χ2n) is 6.46. The Balaban J connectivity index is 1.69. The number of pyridine rings is 1. The zero-order valence-electron chi connectivity index (χ0n) is 15.7. The summed E-state index contributed by atoms with van der Waals surface area (Å²) in [6, 6.07) is 11.2. The van der Waals surface area contributed by atoms with Gasteiger partial charge >= 0.3 is 0 Å². The van der Waals surface area contributed by atoms with Crippen molar-refractivity contribution in [3.63, 3.8) is 0 Å². The normalized spacial score (nSPS) is 14.2. The average Bonchev–Trinajstić information content (AvgIpc) is 2.69. The number of carbonyl (C=O) groups excluding carboxylic acids is 2. The lowest BCUT2D eigenvalue weighted by Crippen LogP contribution is -2.48. The largest absolute Gasteiger partial charge is 0.496 e. The van der Waals surface area contributed by atoms with Gasteiger partial charge in [0.15, 0.2) is 18.2 Å². The van der Waals surface area contributed by atoms with Gasteiger partial charge in [-0.25, -0.2) is 4.98 Å². The molecular weight excluding hydrogens is 346 g/mol. The highest BCUT2D eigenvalue weighted by molar-refractivity contribution is 6.01. The molecule has 0 fully saturated rings. The first-order chi connectivity index (χ1) is 13.0. The molecule has 2 aromatic rings. The summed E-state index contributed by atoms with van der Waals surface area (Å²) in [6.45, 7) is 1.81. The molecule has 0 saturated heterocycles. The van der Waals surface area contributed by atoms with Crippen molar-refractivity contribution in [2.45, 2.75) is 19.4 Å². The maximum atomic E-state index is 12.8. The van der Waals surface area contributed by atoms with E-state index in [2.05, 4.69) is 4.98 Å². The zero-order valence-corrected chi connectivity index (χ0v) is 15.7. The number of carbonyl (C=O) groups is 2. The third kappa shape index (κ3) is 4.02. The van der Waals surface area contributed by atoms with E-state index in [0.29, 0.717) is 18.0 Å². The van der Waals surface area contributed by atoms with E-state index in [1.54, 1.807) is 37.4 Å². The first-order valence-corrected chi connectivity index (χ1v) is 8.77. The Morgan fingerprint density at radius 3 is 2.89 bits per heavy atom. The Labute approximate surface area is 158 Å². The Morgan fingerprint density at radius 1 is 1.33 bits per heavy atom. The minimum atomic E-state index is -0.277. The van der Waals surface area contributed by atoms with Crippen molar-refractivity contribution in [1.82, 2.24) is 9.88 Å². The number of benzene rings is 1. The minimum absolute atomic E-state index is 0.0619. The molecule has 0 unspecified atom stereocenters.